The molecule has 21 heavy (non-hydrogen) atoms. The third-order valence-electron chi connectivity index (χ3n) is 4.87. The molecule has 0 bridgehead atoms. The SMILES string of the molecule is O=C(O)CCCCC(=O)N1CC2(CCC2)c2ccccc21. The van der Waals surface area contributed by atoms with Crippen molar-refractivity contribution in [3.8, 4) is 0 Å². The third-order valence-corrected chi connectivity index (χ3v) is 4.87. The van der Waals surface area contributed by atoms with Gasteiger partial charge in [-0.25, -0.2) is 0 Å². The first kappa shape index (κ1) is 14.1. The van der Waals surface area contributed by atoms with Crippen LogP contribution in [-0.2, 0) is 15.0 Å². The summed E-state index contributed by atoms with van der Waals surface area (Å²) >= 11 is 0. The molecule has 0 unspecified atom stereocenters. The topological polar surface area (TPSA) is 57.6 Å². The monoisotopic (exact) mass is 287 g/mol. The molecule has 4 nitrogen and oxygen atoms in total. The number of hydrogen-bond donors (Lipinski definition) is 1. The van der Waals surface area contributed by atoms with Gasteiger partial charge in [0, 0.05) is 30.5 Å². The van der Waals surface area contributed by atoms with Gasteiger partial charge in [0.15, 0.2) is 0 Å². The molecule has 1 spiro atoms. The Kier molecular flexibility index (Phi) is 3.70. The van der Waals surface area contributed by atoms with E-state index in [-0.39, 0.29) is 17.7 Å². The fourth-order valence-electron chi connectivity index (χ4n) is 3.57. The fraction of sp³-hybridized carbons (Fsp3) is 0.529. The van der Waals surface area contributed by atoms with Crippen molar-refractivity contribution in [1.29, 1.82) is 0 Å². The third kappa shape index (κ3) is 2.55. The Morgan fingerprint density at radius 2 is 1.86 bits per heavy atom. The lowest BCUT2D eigenvalue weighted by molar-refractivity contribution is -0.137. The van der Waals surface area contributed by atoms with Gasteiger partial charge < -0.3 is 10.0 Å². The highest BCUT2D eigenvalue weighted by atomic mass is 16.4. The van der Waals surface area contributed by atoms with Crippen LogP contribution in [0.4, 0.5) is 5.69 Å². The number of rotatable bonds is 5. The van der Waals surface area contributed by atoms with Crippen molar-refractivity contribution in [3.63, 3.8) is 0 Å². The summed E-state index contributed by atoms with van der Waals surface area (Å²) < 4.78 is 0. The average molecular weight is 287 g/mol. The van der Waals surface area contributed by atoms with Crippen molar-refractivity contribution < 1.29 is 14.7 Å². The minimum atomic E-state index is -0.789. The summed E-state index contributed by atoms with van der Waals surface area (Å²) in [5.41, 5.74) is 2.60. The van der Waals surface area contributed by atoms with Gasteiger partial charge in [0.25, 0.3) is 0 Å². The number of carboxylic acids is 1. The normalized spacial score (nSPS) is 18.4. The maximum atomic E-state index is 12.5. The molecule has 0 saturated heterocycles. The van der Waals surface area contributed by atoms with Crippen LogP contribution in [0.5, 0.6) is 0 Å². The van der Waals surface area contributed by atoms with Gasteiger partial charge in [-0.05, 0) is 37.3 Å². The Bertz CT molecular complexity index is 563. The van der Waals surface area contributed by atoms with E-state index in [0.717, 1.165) is 12.2 Å². The first-order valence-electron chi connectivity index (χ1n) is 7.74. The molecule has 1 saturated carbocycles. The van der Waals surface area contributed by atoms with Crippen LogP contribution < -0.4 is 4.90 Å². The van der Waals surface area contributed by atoms with Crippen LogP contribution in [0.25, 0.3) is 0 Å². The Morgan fingerprint density at radius 1 is 1.14 bits per heavy atom. The summed E-state index contributed by atoms with van der Waals surface area (Å²) in [7, 11) is 0. The van der Waals surface area contributed by atoms with E-state index in [1.807, 2.05) is 17.0 Å². The summed E-state index contributed by atoms with van der Waals surface area (Å²) in [6, 6.07) is 8.24. The summed E-state index contributed by atoms with van der Waals surface area (Å²) in [5.74, 6) is -0.654. The fourth-order valence-corrected chi connectivity index (χ4v) is 3.57. The summed E-state index contributed by atoms with van der Waals surface area (Å²) in [4.78, 5) is 24.9. The highest BCUT2D eigenvalue weighted by molar-refractivity contribution is 5.96. The van der Waals surface area contributed by atoms with E-state index in [4.69, 9.17) is 5.11 Å². The number of carboxylic acid groups (broad SMARTS) is 1. The maximum Gasteiger partial charge on any atom is 0.303 e. The number of carbonyl (C=O) groups excluding carboxylic acids is 1. The number of hydrogen-bond acceptors (Lipinski definition) is 2. The second kappa shape index (κ2) is 5.51. The van der Waals surface area contributed by atoms with Gasteiger partial charge >= 0.3 is 5.97 Å². The van der Waals surface area contributed by atoms with Crippen molar-refractivity contribution in [2.45, 2.75) is 50.4 Å². The zero-order valence-electron chi connectivity index (χ0n) is 12.2. The quantitative estimate of drug-likeness (QED) is 0.847. The molecular weight excluding hydrogens is 266 g/mol. The Labute approximate surface area is 124 Å². The molecule has 1 aromatic rings. The second-order valence-electron chi connectivity index (χ2n) is 6.23. The predicted octanol–water partition coefficient (Wildman–Crippen LogP) is 3.10. The van der Waals surface area contributed by atoms with Crippen LogP contribution in [0.15, 0.2) is 24.3 Å². The lowest BCUT2D eigenvalue weighted by Gasteiger charge is -2.39. The van der Waals surface area contributed by atoms with E-state index in [0.29, 0.717) is 19.3 Å². The highest BCUT2D eigenvalue weighted by Crippen LogP contribution is 2.52. The Morgan fingerprint density at radius 3 is 2.52 bits per heavy atom. The van der Waals surface area contributed by atoms with Crippen molar-refractivity contribution in [2.75, 3.05) is 11.4 Å². The lowest BCUT2D eigenvalue weighted by Crippen LogP contribution is -2.41. The van der Waals surface area contributed by atoms with Gasteiger partial charge in [-0.2, -0.15) is 0 Å². The van der Waals surface area contributed by atoms with Gasteiger partial charge in [-0.3, -0.25) is 9.59 Å². The standard InChI is InChI=1S/C17H21NO3/c19-15(8-3-4-9-16(20)21)18-12-17(10-5-11-17)13-6-1-2-7-14(13)18/h1-2,6-7H,3-5,8-12H2,(H,20,21). The lowest BCUT2D eigenvalue weighted by atomic mass is 9.66. The van der Waals surface area contributed by atoms with E-state index in [9.17, 15) is 9.59 Å². The molecule has 1 heterocycles. The number of aliphatic carboxylic acids is 1. The molecule has 1 fully saturated rings. The van der Waals surface area contributed by atoms with Crippen molar-refractivity contribution in [2.24, 2.45) is 0 Å². The van der Waals surface area contributed by atoms with Crippen LogP contribution >= 0.6 is 0 Å². The van der Waals surface area contributed by atoms with Gasteiger partial charge in [0.2, 0.25) is 5.91 Å². The zero-order valence-corrected chi connectivity index (χ0v) is 12.2. The zero-order chi connectivity index (χ0) is 14.9. The Hall–Kier alpha value is -1.84. The van der Waals surface area contributed by atoms with Gasteiger partial charge in [0.05, 0.1) is 0 Å². The summed E-state index contributed by atoms with van der Waals surface area (Å²) in [5, 5.41) is 8.63. The Balaban J connectivity index is 1.66. The summed E-state index contributed by atoms with van der Waals surface area (Å²) in [6.07, 6.45) is 5.40. The minimum absolute atomic E-state index is 0.136. The highest BCUT2D eigenvalue weighted by Gasteiger charge is 2.47. The molecular formula is C17H21NO3. The number of nitrogens with zero attached hydrogens (tertiary/aromatic N) is 1. The smallest absolute Gasteiger partial charge is 0.303 e. The number of amides is 1. The molecule has 1 N–H and O–H groups in total. The van der Waals surface area contributed by atoms with Crippen molar-refractivity contribution in [1.82, 2.24) is 0 Å². The maximum absolute atomic E-state index is 12.5. The van der Waals surface area contributed by atoms with Crippen molar-refractivity contribution in [3.05, 3.63) is 29.8 Å². The van der Waals surface area contributed by atoms with Crippen LogP contribution in [0.1, 0.15) is 50.5 Å². The molecule has 0 aromatic heterocycles. The predicted molar refractivity (Wildman–Crippen MR) is 80.4 cm³/mol. The minimum Gasteiger partial charge on any atom is -0.481 e. The van der Waals surface area contributed by atoms with Crippen molar-refractivity contribution >= 4 is 17.6 Å². The van der Waals surface area contributed by atoms with Crippen LogP contribution in [0, 0.1) is 0 Å². The first-order chi connectivity index (χ1) is 10.1. The summed E-state index contributed by atoms with van der Waals surface area (Å²) in [6.45, 7) is 0.810. The molecule has 1 aliphatic carbocycles. The molecule has 112 valence electrons. The number of para-hydroxylation sites is 1. The number of fused-ring (bicyclic) bond motifs is 2. The average Bonchev–Trinajstić information content (AvgIpc) is 2.79. The van der Waals surface area contributed by atoms with Gasteiger partial charge in [0.1, 0.15) is 0 Å². The number of anilines is 1. The van der Waals surface area contributed by atoms with E-state index in [2.05, 4.69) is 12.1 Å². The van der Waals surface area contributed by atoms with E-state index in [1.165, 1.54) is 24.8 Å². The molecule has 2 aliphatic rings. The second-order valence-corrected chi connectivity index (χ2v) is 6.23. The van der Waals surface area contributed by atoms with Crippen LogP contribution in [0.2, 0.25) is 0 Å². The van der Waals surface area contributed by atoms with Crippen LogP contribution in [0.3, 0.4) is 0 Å². The molecule has 3 rings (SSSR count). The van der Waals surface area contributed by atoms with E-state index >= 15 is 0 Å². The molecule has 1 amide bonds. The number of carbonyl (C=O) groups is 2. The van der Waals surface area contributed by atoms with E-state index in [1.54, 1.807) is 0 Å². The van der Waals surface area contributed by atoms with E-state index < -0.39 is 5.97 Å². The first-order valence-corrected chi connectivity index (χ1v) is 7.74. The number of benzene rings is 1. The molecule has 0 radical (unpaired) electrons. The molecule has 1 aromatic carbocycles. The number of unbranched alkanes of at least 4 members (excludes halogenated alkanes) is 1. The largest absolute Gasteiger partial charge is 0.481 e. The molecule has 0 atom stereocenters. The van der Waals surface area contributed by atoms with Gasteiger partial charge in [-0.15, -0.1) is 0 Å². The molecule has 4 heteroatoms. The van der Waals surface area contributed by atoms with Gasteiger partial charge in [-0.1, -0.05) is 24.6 Å². The van der Waals surface area contributed by atoms with Crippen LogP contribution in [-0.4, -0.2) is 23.5 Å². The molecule has 1 aliphatic heterocycles.